The summed E-state index contributed by atoms with van der Waals surface area (Å²) in [7, 11) is 1.68. The van der Waals surface area contributed by atoms with Gasteiger partial charge in [0.15, 0.2) is 0 Å². The minimum absolute atomic E-state index is 0.672. The zero-order chi connectivity index (χ0) is 9.97. The van der Waals surface area contributed by atoms with Gasteiger partial charge in [0, 0.05) is 19.7 Å². The molecule has 2 heterocycles. The van der Waals surface area contributed by atoms with Gasteiger partial charge in [-0.15, -0.1) is 0 Å². The number of fused-ring (bicyclic) bond motifs is 1. The Morgan fingerprint density at radius 1 is 1.50 bits per heavy atom. The molecule has 0 unspecified atom stereocenters. The van der Waals surface area contributed by atoms with Gasteiger partial charge in [0.25, 0.3) is 0 Å². The van der Waals surface area contributed by atoms with Gasteiger partial charge < -0.3 is 9.14 Å². The second-order valence-electron chi connectivity index (χ2n) is 3.06. The molecule has 2 aromatic heterocycles. The molecule has 74 valence electrons. The maximum absolute atomic E-state index is 5.90. The predicted octanol–water partition coefficient (Wildman–Crippen LogP) is 2.18. The van der Waals surface area contributed by atoms with Crippen molar-refractivity contribution in [3.05, 3.63) is 35.4 Å². The summed E-state index contributed by atoms with van der Waals surface area (Å²) in [6.45, 7) is 0.672. The molecule has 0 spiro atoms. The number of imidazole rings is 1. The Morgan fingerprint density at radius 3 is 3.14 bits per heavy atom. The fourth-order valence-corrected chi connectivity index (χ4v) is 1.56. The minimum atomic E-state index is 0.672. The molecule has 0 aliphatic carbocycles. The largest absolute Gasteiger partial charge is 0.384 e. The molecular weight excluding hydrogens is 200 g/mol. The zero-order valence-corrected chi connectivity index (χ0v) is 8.66. The van der Waals surface area contributed by atoms with Crippen LogP contribution in [-0.2, 0) is 11.2 Å². The van der Waals surface area contributed by atoms with Crippen LogP contribution in [0.15, 0.2) is 24.5 Å². The molecule has 0 aliphatic heterocycles. The quantitative estimate of drug-likeness (QED) is 0.777. The van der Waals surface area contributed by atoms with Gasteiger partial charge in [-0.3, -0.25) is 0 Å². The molecule has 0 amide bonds. The van der Waals surface area contributed by atoms with Crippen molar-refractivity contribution >= 4 is 17.1 Å². The Balaban J connectivity index is 2.40. The summed E-state index contributed by atoms with van der Waals surface area (Å²) in [5.41, 5.74) is 1.06. The summed E-state index contributed by atoms with van der Waals surface area (Å²) in [5, 5.41) is 0.717. The second kappa shape index (κ2) is 3.98. The van der Waals surface area contributed by atoms with E-state index in [1.54, 1.807) is 7.11 Å². The van der Waals surface area contributed by atoms with Gasteiger partial charge in [-0.05, 0) is 12.1 Å². The highest BCUT2D eigenvalue weighted by molar-refractivity contribution is 6.30. The van der Waals surface area contributed by atoms with Gasteiger partial charge in [-0.1, -0.05) is 11.6 Å². The number of nitrogens with zero attached hydrogens (tertiary/aromatic N) is 2. The molecule has 3 nitrogen and oxygen atoms in total. The Morgan fingerprint density at radius 2 is 2.36 bits per heavy atom. The fourth-order valence-electron chi connectivity index (χ4n) is 1.40. The van der Waals surface area contributed by atoms with Gasteiger partial charge in [0.2, 0.25) is 0 Å². The lowest BCUT2D eigenvalue weighted by Gasteiger charge is -2.00. The van der Waals surface area contributed by atoms with E-state index < -0.39 is 0 Å². The zero-order valence-electron chi connectivity index (χ0n) is 7.90. The Hall–Kier alpha value is -1.06. The number of halogens is 1. The third-order valence-corrected chi connectivity index (χ3v) is 2.32. The van der Waals surface area contributed by atoms with Gasteiger partial charge in [0.1, 0.15) is 5.82 Å². The third kappa shape index (κ3) is 1.74. The van der Waals surface area contributed by atoms with Crippen molar-refractivity contribution in [2.75, 3.05) is 13.7 Å². The van der Waals surface area contributed by atoms with Crippen molar-refractivity contribution < 1.29 is 4.74 Å². The van der Waals surface area contributed by atoms with Crippen molar-refractivity contribution in [2.45, 2.75) is 6.42 Å². The summed E-state index contributed by atoms with van der Waals surface area (Å²) >= 11 is 5.90. The molecule has 2 rings (SSSR count). The maximum atomic E-state index is 5.90. The molecule has 0 saturated heterocycles. The van der Waals surface area contributed by atoms with E-state index in [4.69, 9.17) is 16.3 Å². The standard InChI is InChI=1S/C10H11ClN2O/c1-14-5-4-10-12-6-9-3-2-8(11)7-13(9)10/h2-3,6-7H,4-5H2,1H3. The van der Waals surface area contributed by atoms with Gasteiger partial charge in [-0.25, -0.2) is 4.98 Å². The lowest BCUT2D eigenvalue weighted by Crippen LogP contribution is -2.00. The number of rotatable bonds is 3. The molecule has 14 heavy (non-hydrogen) atoms. The van der Waals surface area contributed by atoms with Crippen LogP contribution < -0.4 is 0 Å². The first-order valence-corrected chi connectivity index (χ1v) is 4.79. The minimum Gasteiger partial charge on any atom is -0.384 e. The lowest BCUT2D eigenvalue weighted by atomic mass is 10.4. The second-order valence-corrected chi connectivity index (χ2v) is 3.50. The number of hydrogen-bond donors (Lipinski definition) is 0. The van der Waals surface area contributed by atoms with Gasteiger partial charge >= 0.3 is 0 Å². The Kier molecular flexibility index (Phi) is 2.70. The number of hydrogen-bond acceptors (Lipinski definition) is 2. The smallest absolute Gasteiger partial charge is 0.115 e. The molecule has 0 aromatic carbocycles. The molecule has 0 atom stereocenters. The predicted molar refractivity (Wildman–Crippen MR) is 55.8 cm³/mol. The average Bonchev–Trinajstić information content (AvgIpc) is 2.57. The normalized spacial score (nSPS) is 11.0. The maximum Gasteiger partial charge on any atom is 0.115 e. The molecule has 0 fully saturated rings. The topological polar surface area (TPSA) is 26.5 Å². The summed E-state index contributed by atoms with van der Waals surface area (Å²) in [5.74, 6) is 0.976. The van der Waals surface area contributed by atoms with E-state index in [0.29, 0.717) is 11.6 Å². The highest BCUT2D eigenvalue weighted by atomic mass is 35.5. The van der Waals surface area contributed by atoms with E-state index in [1.807, 2.05) is 28.9 Å². The molecule has 0 radical (unpaired) electrons. The number of ether oxygens (including phenoxy) is 1. The van der Waals surface area contributed by atoms with Crippen molar-refractivity contribution in [1.29, 1.82) is 0 Å². The summed E-state index contributed by atoms with van der Waals surface area (Å²) in [4.78, 5) is 4.30. The van der Waals surface area contributed by atoms with Crippen molar-refractivity contribution in [3.63, 3.8) is 0 Å². The van der Waals surface area contributed by atoms with Crippen LogP contribution in [0.1, 0.15) is 5.82 Å². The van der Waals surface area contributed by atoms with Crippen LogP contribution in [0.3, 0.4) is 0 Å². The van der Waals surface area contributed by atoms with Crippen molar-refractivity contribution in [1.82, 2.24) is 9.38 Å². The first-order chi connectivity index (χ1) is 6.81. The third-order valence-electron chi connectivity index (χ3n) is 2.10. The average molecular weight is 211 g/mol. The first-order valence-electron chi connectivity index (χ1n) is 4.41. The van der Waals surface area contributed by atoms with Crippen molar-refractivity contribution in [3.8, 4) is 0 Å². The van der Waals surface area contributed by atoms with Crippen LogP contribution in [0.25, 0.3) is 5.52 Å². The van der Waals surface area contributed by atoms with Gasteiger partial charge in [0.05, 0.1) is 23.3 Å². The van der Waals surface area contributed by atoms with Crippen molar-refractivity contribution in [2.24, 2.45) is 0 Å². The fraction of sp³-hybridized carbons (Fsp3) is 0.300. The molecule has 4 heteroatoms. The van der Waals surface area contributed by atoms with E-state index in [0.717, 1.165) is 17.8 Å². The van der Waals surface area contributed by atoms with E-state index in [9.17, 15) is 0 Å². The van der Waals surface area contributed by atoms with Crippen LogP contribution in [0, 0.1) is 0 Å². The van der Waals surface area contributed by atoms with Crippen LogP contribution >= 0.6 is 11.6 Å². The van der Waals surface area contributed by atoms with Crippen LogP contribution in [0.2, 0.25) is 5.02 Å². The SMILES string of the molecule is COCCc1ncc2ccc(Cl)cn12. The van der Waals surface area contributed by atoms with Crippen LogP contribution in [0.5, 0.6) is 0 Å². The Labute approximate surface area is 87.3 Å². The molecule has 0 aliphatic rings. The van der Waals surface area contributed by atoms with E-state index in [1.165, 1.54) is 0 Å². The molecule has 0 N–H and O–H groups in total. The van der Waals surface area contributed by atoms with Crippen LogP contribution in [0.4, 0.5) is 0 Å². The number of pyridine rings is 1. The number of aromatic nitrogens is 2. The molecular formula is C10H11ClN2O. The molecule has 0 bridgehead atoms. The van der Waals surface area contributed by atoms with E-state index >= 15 is 0 Å². The number of methoxy groups -OCH3 is 1. The first kappa shape index (κ1) is 9.49. The summed E-state index contributed by atoms with van der Waals surface area (Å²) in [6.07, 6.45) is 4.50. The Bertz CT molecular complexity index is 439. The van der Waals surface area contributed by atoms with E-state index in [-0.39, 0.29) is 0 Å². The van der Waals surface area contributed by atoms with E-state index in [2.05, 4.69) is 4.98 Å². The highest BCUT2D eigenvalue weighted by Crippen LogP contribution is 2.13. The lowest BCUT2D eigenvalue weighted by molar-refractivity contribution is 0.200. The molecule has 0 saturated carbocycles. The van der Waals surface area contributed by atoms with Crippen LogP contribution in [-0.4, -0.2) is 23.1 Å². The highest BCUT2D eigenvalue weighted by Gasteiger charge is 2.02. The molecule has 2 aromatic rings. The summed E-state index contributed by atoms with van der Waals surface area (Å²) < 4.78 is 7.00. The summed E-state index contributed by atoms with van der Waals surface area (Å²) in [6, 6.07) is 3.81. The van der Waals surface area contributed by atoms with Gasteiger partial charge in [-0.2, -0.15) is 0 Å². The monoisotopic (exact) mass is 210 g/mol.